The summed E-state index contributed by atoms with van der Waals surface area (Å²) in [5, 5.41) is 11.2. The number of carboxylic acids is 1. The molecule has 0 aliphatic heterocycles. The smallest absolute Gasteiger partial charge is 0.303 e. The molecule has 0 saturated heterocycles. The Morgan fingerprint density at radius 2 is 2.07 bits per heavy atom. The van der Waals surface area contributed by atoms with E-state index in [-0.39, 0.29) is 18.4 Å². The third-order valence-corrected chi connectivity index (χ3v) is 1.97. The van der Waals surface area contributed by atoms with Crippen molar-refractivity contribution < 1.29 is 19.4 Å². The summed E-state index contributed by atoms with van der Waals surface area (Å²) in [6.07, 6.45) is 1.77. The molecule has 0 spiro atoms. The molecule has 0 rings (SSSR count). The Bertz CT molecular complexity index is 206. The average molecular weight is 217 g/mol. The van der Waals surface area contributed by atoms with Gasteiger partial charge in [0.2, 0.25) is 5.91 Å². The minimum Gasteiger partial charge on any atom is -0.481 e. The molecule has 0 aromatic carbocycles. The van der Waals surface area contributed by atoms with E-state index in [0.717, 1.165) is 0 Å². The third kappa shape index (κ3) is 9.21. The number of aliphatic carboxylic acids is 1. The normalized spacial score (nSPS) is 12.1. The van der Waals surface area contributed by atoms with E-state index in [1.807, 2.05) is 6.92 Å². The zero-order valence-corrected chi connectivity index (χ0v) is 9.28. The van der Waals surface area contributed by atoms with Gasteiger partial charge in [0.1, 0.15) is 0 Å². The molecule has 1 unspecified atom stereocenters. The minimum atomic E-state index is -0.798. The van der Waals surface area contributed by atoms with Crippen molar-refractivity contribution in [2.75, 3.05) is 13.7 Å². The molecule has 2 N–H and O–H groups in total. The predicted molar refractivity (Wildman–Crippen MR) is 55.6 cm³/mol. The maximum absolute atomic E-state index is 11.2. The molecule has 0 aliphatic carbocycles. The molecule has 0 aromatic heterocycles. The number of nitrogens with one attached hydrogen (secondary N) is 1. The van der Waals surface area contributed by atoms with Gasteiger partial charge in [0.25, 0.3) is 0 Å². The molecular formula is C10H19NO4. The van der Waals surface area contributed by atoms with E-state index in [2.05, 4.69) is 5.32 Å². The zero-order valence-electron chi connectivity index (χ0n) is 9.28. The second kappa shape index (κ2) is 8.23. The highest BCUT2D eigenvalue weighted by Crippen LogP contribution is 2.00. The summed E-state index contributed by atoms with van der Waals surface area (Å²) in [5.41, 5.74) is 0. The molecule has 5 nitrogen and oxygen atoms in total. The van der Waals surface area contributed by atoms with Crippen LogP contribution in [-0.4, -0.2) is 36.7 Å². The first kappa shape index (κ1) is 13.9. The van der Waals surface area contributed by atoms with Gasteiger partial charge in [-0.2, -0.15) is 0 Å². The van der Waals surface area contributed by atoms with Crippen molar-refractivity contribution in [3.63, 3.8) is 0 Å². The Morgan fingerprint density at radius 3 is 2.60 bits per heavy atom. The number of hydrogen-bond acceptors (Lipinski definition) is 3. The average Bonchev–Trinajstić information content (AvgIpc) is 2.14. The van der Waals surface area contributed by atoms with Gasteiger partial charge in [-0.3, -0.25) is 9.59 Å². The Balaban J connectivity index is 3.50. The largest absolute Gasteiger partial charge is 0.481 e. The SMILES string of the molecule is COCCC(=O)NC(C)CCCC(=O)O. The maximum Gasteiger partial charge on any atom is 0.303 e. The van der Waals surface area contributed by atoms with E-state index >= 15 is 0 Å². The monoisotopic (exact) mass is 217 g/mol. The van der Waals surface area contributed by atoms with Gasteiger partial charge in [-0.05, 0) is 19.8 Å². The molecule has 0 heterocycles. The number of hydrogen-bond donors (Lipinski definition) is 2. The van der Waals surface area contributed by atoms with E-state index in [1.165, 1.54) is 0 Å². The Hall–Kier alpha value is -1.10. The number of ether oxygens (including phenoxy) is 1. The van der Waals surface area contributed by atoms with Gasteiger partial charge in [-0.1, -0.05) is 0 Å². The molecular weight excluding hydrogens is 198 g/mol. The molecule has 0 bridgehead atoms. The van der Waals surface area contributed by atoms with Crippen LogP contribution in [0.4, 0.5) is 0 Å². The molecule has 88 valence electrons. The van der Waals surface area contributed by atoms with Gasteiger partial charge < -0.3 is 15.2 Å². The molecule has 1 atom stereocenters. The Morgan fingerprint density at radius 1 is 1.40 bits per heavy atom. The fourth-order valence-electron chi connectivity index (χ4n) is 1.17. The highest BCUT2D eigenvalue weighted by molar-refractivity contribution is 5.76. The lowest BCUT2D eigenvalue weighted by Crippen LogP contribution is -2.33. The minimum absolute atomic E-state index is 0.0220. The fraction of sp³-hybridized carbons (Fsp3) is 0.800. The predicted octanol–water partition coefficient (Wildman–Crippen LogP) is 0.782. The first-order valence-corrected chi connectivity index (χ1v) is 5.06. The van der Waals surface area contributed by atoms with E-state index < -0.39 is 5.97 Å². The summed E-state index contributed by atoms with van der Waals surface area (Å²) < 4.78 is 4.77. The van der Waals surface area contributed by atoms with Crippen LogP contribution in [0.15, 0.2) is 0 Å². The maximum atomic E-state index is 11.2. The molecule has 0 fully saturated rings. The third-order valence-electron chi connectivity index (χ3n) is 1.97. The van der Waals surface area contributed by atoms with Gasteiger partial charge in [0.15, 0.2) is 0 Å². The molecule has 15 heavy (non-hydrogen) atoms. The van der Waals surface area contributed by atoms with Gasteiger partial charge >= 0.3 is 5.97 Å². The first-order chi connectivity index (χ1) is 7.06. The van der Waals surface area contributed by atoms with Gasteiger partial charge in [-0.25, -0.2) is 0 Å². The number of amides is 1. The van der Waals surface area contributed by atoms with Crippen molar-refractivity contribution in [2.45, 2.75) is 38.6 Å². The number of rotatable bonds is 8. The number of methoxy groups -OCH3 is 1. The van der Waals surface area contributed by atoms with Crippen molar-refractivity contribution in [3.8, 4) is 0 Å². The van der Waals surface area contributed by atoms with E-state index in [0.29, 0.717) is 25.9 Å². The van der Waals surface area contributed by atoms with Gasteiger partial charge in [-0.15, -0.1) is 0 Å². The van der Waals surface area contributed by atoms with Crippen molar-refractivity contribution in [3.05, 3.63) is 0 Å². The summed E-state index contributed by atoms with van der Waals surface area (Å²) in [6, 6.07) is 0.0220. The van der Waals surface area contributed by atoms with Crippen LogP contribution in [-0.2, 0) is 14.3 Å². The topological polar surface area (TPSA) is 75.6 Å². The van der Waals surface area contributed by atoms with Crippen molar-refractivity contribution in [2.24, 2.45) is 0 Å². The van der Waals surface area contributed by atoms with Crippen LogP contribution >= 0.6 is 0 Å². The van der Waals surface area contributed by atoms with E-state index in [9.17, 15) is 9.59 Å². The summed E-state index contributed by atoms with van der Waals surface area (Å²) in [5.74, 6) is -0.854. The summed E-state index contributed by atoms with van der Waals surface area (Å²) in [4.78, 5) is 21.4. The van der Waals surface area contributed by atoms with Crippen molar-refractivity contribution in [1.82, 2.24) is 5.32 Å². The van der Waals surface area contributed by atoms with Crippen LogP contribution in [0.5, 0.6) is 0 Å². The van der Waals surface area contributed by atoms with Crippen LogP contribution in [0.2, 0.25) is 0 Å². The molecule has 0 aromatic rings. The molecule has 5 heteroatoms. The first-order valence-electron chi connectivity index (χ1n) is 5.06. The van der Waals surface area contributed by atoms with Crippen LogP contribution in [0.25, 0.3) is 0 Å². The standard InChI is InChI=1S/C10H19NO4/c1-8(4-3-5-10(13)14)11-9(12)6-7-15-2/h8H,3-7H2,1-2H3,(H,11,12)(H,13,14). The molecule has 0 saturated carbocycles. The lowest BCUT2D eigenvalue weighted by molar-refractivity contribution is -0.137. The molecule has 1 amide bonds. The fourth-order valence-corrected chi connectivity index (χ4v) is 1.17. The van der Waals surface area contributed by atoms with Crippen LogP contribution in [0.1, 0.15) is 32.6 Å². The van der Waals surface area contributed by atoms with Gasteiger partial charge in [0, 0.05) is 26.0 Å². The summed E-state index contributed by atoms with van der Waals surface area (Å²) in [7, 11) is 1.55. The Kier molecular flexibility index (Phi) is 7.62. The van der Waals surface area contributed by atoms with Crippen LogP contribution in [0.3, 0.4) is 0 Å². The lowest BCUT2D eigenvalue weighted by atomic mass is 10.1. The van der Waals surface area contributed by atoms with Crippen molar-refractivity contribution in [1.29, 1.82) is 0 Å². The van der Waals surface area contributed by atoms with Crippen LogP contribution < -0.4 is 5.32 Å². The summed E-state index contributed by atoms with van der Waals surface area (Å²) >= 11 is 0. The number of carbonyl (C=O) groups is 2. The Labute approximate surface area is 89.8 Å². The number of carbonyl (C=O) groups excluding carboxylic acids is 1. The highest BCUT2D eigenvalue weighted by Gasteiger charge is 2.07. The van der Waals surface area contributed by atoms with Crippen LogP contribution in [0, 0.1) is 0 Å². The quantitative estimate of drug-likeness (QED) is 0.630. The second-order valence-electron chi connectivity index (χ2n) is 3.50. The van der Waals surface area contributed by atoms with Gasteiger partial charge in [0.05, 0.1) is 6.61 Å². The highest BCUT2D eigenvalue weighted by atomic mass is 16.5. The lowest BCUT2D eigenvalue weighted by Gasteiger charge is -2.12. The van der Waals surface area contributed by atoms with Crippen molar-refractivity contribution >= 4 is 11.9 Å². The van der Waals surface area contributed by atoms with E-state index in [4.69, 9.17) is 9.84 Å². The zero-order chi connectivity index (χ0) is 11.7. The second-order valence-corrected chi connectivity index (χ2v) is 3.50. The molecule has 0 radical (unpaired) electrons. The molecule has 0 aliphatic rings. The number of carboxylic acid groups (broad SMARTS) is 1. The van der Waals surface area contributed by atoms with E-state index in [1.54, 1.807) is 7.11 Å². The summed E-state index contributed by atoms with van der Waals surface area (Å²) in [6.45, 7) is 2.28.